The minimum absolute atomic E-state index is 0.258. The van der Waals surface area contributed by atoms with Gasteiger partial charge in [0.1, 0.15) is 17.4 Å². The van der Waals surface area contributed by atoms with E-state index in [4.69, 9.17) is 20.2 Å². The summed E-state index contributed by atoms with van der Waals surface area (Å²) >= 11 is 1.74. The second-order valence-corrected chi connectivity index (χ2v) is 10.9. The summed E-state index contributed by atoms with van der Waals surface area (Å²) in [5.41, 5.74) is 8.67. The zero-order chi connectivity index (χ0) is 20.4. The van der Waals surface area contributed by atoms with E-state index in [1.165, 1.54) is 0 Å². The predicted molar refractivity (Wildman–Crippen MR) is 118 cm³/mol. The third-order valence-electron chi connectivity index (χ3n) is 5.13. The van der Waals surface area contributed by atoms with Gasteiger partial charge in [0.2, 0.25) is 0 Å². The van der Waals surface area contributed by atoms with Gasteiger partial charge < -0.3 is 25.1 Å². The topological polar surface area (TPSA) is 110 Å². The quantitative estimate of drug-likeness (QED) is 0.496. The third-order valence-corrected chi connectivity index (χ3v) is 7.95. The number of nitrogen functional groups attached to an aromatic ring is 1. The summed E-state index contributed by atoms with van der Waals surface area (Å²) in [5.74, 6) is 1.24. The number of ether oxygens (including phenoxy) is 2. The molecule has 10 heteroatoms. The van der Waals surface area contributed by atoms with Gasteiger partial charge in [-0.2, -0.15) is 0 Å². The number of fused-ring (bicyclic) bond motifs is 1. The van der Waals surface area contributed by atoms with Gasteiger partial charge in [-0.25, -0.2) is 8.42 Å². The van der Waals surface area contributed by atoms with E-state index >= 15 is 0 Å². The lowest BCUT2D eigenvalue weighted by molar-refractivity contribution is 0.146. The highest BCUT2D eigenvalue weighted by Crippen LogP contribution is 2.32. The minimum atomic E-state index is -2.84. The summed E-state index contributed by atoms with van der Waals surface area (Å²) in [6, 6.07) is 5.83. The van der Waals surface area contributed by atoms with Crippen molar-refractivity contribution in [1.29, 1.82) is 0 Å². The molecule has 2 aromatic rings. The number of aliphatic imine (C=N–C) groups is 1. The Kier molecular flexibility index (Phi) is 6.05. The van der Waals surface area contributed by atoms with Crippen molar-refractivity contribution in [3.05, 3.63) is 23.9 Å². The molecule has 1 unspecified atom stereocenters. The van der Waals surface area contributed by atoms with Crippen molar-refractivity contribution in [3.63, 3.8) is 0 Å². The van der Waals surface area contributed by atoms with Crippen LogP contribution in [0, 0.1) is 0 Å². The van der Waals surface area contributed by atoms with E-state index in [1.807, 2.05) is 12.1 Å². The smallest absolute Gasteiger partial charge is 0.152 e. The number of nitrogens with one attached hydrogen (secondary N) is 1. The summed E-state index contributed by atoms with van der Waals surface area (Å²) in [6.45, 7) is 3.81. The fraction of sp³-hybridized carbons (Fsp3) is 0.526. The molecule has 158 valence electrons. The molecule has 2 aliphatic heterocycles. The van der Waals surface area contributed by atoms with Crippen LogP contribution in [0.3, 0.4) is 0 Å². The van der Waals surface area contributed by atoms with E-state index in [-0.39, 0.29) is 11.5 Å². The van der Waals surface area contributed by atoms with Gasteiger partial charge in [-0.05, 0) is 12.1 Å². The second-order valence-electron chi connectivity index (χ2n) is 7.34. The first-order chi connectivity index (χ1) is 13.9. The lowest BCUT2D eigenvalue weighted by Crippen LogP contribution is -2.43. The van der Waals surface area contributed by atoms with Gasteiger partial charge >= 0.3 is 0 Å². The number of aromatic nitrogens is 1. The Morgan fingerprint density at radius 2 is 2.07 bits per heavy atom. The van der Waals surface area contributed by atoms with Gasteiger partial charge in [-0.3, -0.25) is 4.99 Å². The molecule has 2 aliphatic rings. The van der Waals surface area contributed by atoms with Crippen LogP contribution in [0.4, 0.5) is 5.69 Å². The average Bonchev–Trinajstić information content (AvgIpc) is 3.31. The van der Waals surface area contributed by atoms with E-state index in [1.54, 1.807) is 18.9 Å². The highest BCUT2D eigenvalue weighted by atomic mass is 32.2. The number of H-pyrrole nitrogens is 1. The fourth-order valence-electron chi connectivity index (χ4n) is 3.57. The SMILES string of the molecule is COCCOc1cc(N)c2[nH]c(C3=NCC(CN4CCS(=O)(=O)CC4)S3)cc2c1. The van der Waals surface area contributed by atoms with E-state index in [0.717, 1.165) is 40.5 Å². The lowest BCUT2D eigenvalue weighted by atomic mass is 10.2. The van der Waals surface area contributed by atoms with Crippen molar-refractivity contribution in [2.75, 3.05) is 63.7 Å². The summed E-state index contributed by atoms with van der Waals surface area (Å²) in [4.78, 5) is 10.3. The molecule has 0 aliphatic carbocycles. The molecule has 3 heterocycles. The van der Waals surface area contributed by atoms with Crippen molar-refractivity contribution in [1.82, 2.24) is 9.88 Å². The van der Waals surface area contributed by atoms with E-state index in [9.17, 15) is 8.42 Å². The molecule has 0 bridgehead atoms. The number of sulfone groups is 1. The Hall–Kier alpha value is -1.75. The molecule has 0 amide bonds. The largest absolute Gasteiger partial charge is 0.491 e. The Balaban J connectivity index is 1.40. The molecule has 29 heavy (non-hydrogen) atoms. The van der Waals surface area contributed by atoms with Crippen molar-refractivity contribution in [2.45, 2.75) is 5.25 Å². The maximum atomic E-state index is 11.6. The normalized spacial score (nSPS) is 22.1. The number of rotatable bonds is 7. The molecule has 0 radical (unpaired) electrons. The Labute approximate surface area is 174 Å². The molecule has 0 spiro atoms. The summed E-state index contributed by atoms with van der Waals surface area (Å²) in [7, 11) is -1.21. The van der Waals surface area contributed by atoms with Gasteiger partial charge in [0, 0.05) is 43.4 Å². The molecule has 8 nitrogen and oxygen atoms in total. The predicted octanol–water partition coefficient (Wildman–Crippen LogP) is 1.37. The number of benzene rings is 1. The number of anilines is 1. The van der Waals surface area contributed by atoms with Crippen LogP contribution in [0.5, 0.6) is 5.75 Å². The number of thioether (sulfide) groups is 1. The molecule has 1 fully saturated rings. The molecule has 1 aromatic carbocycles. The van der Waals surface area contributed by atoms with Crippen molar-refractivity contribution < 1.29 is 17.9 Å². The maximum absolute atomic E-state index is 11.6. The summed E-state index contributed by atoms with van der Waals surface area (Å²) < 4.78 is 33.9. The Bertz CT molecular complexity index is 1000. The number of methoxy groups -OCH3 is 1. The lowest BCUT2D eigenvalue weighted by Gasteiger charge is -2.28. The number of hydrogen-bond donors (Lipinski definition) is 2. The van der Waals surface area contributed by atoms with Crippen LogP contribution in [0.25, 0.3) is 10.9 Å². The number of hydrogen-bond acceptors (Lipinski definition) is 8. The van der Waals surface area contributed by atoms with Crippen molar-refractivity contribution in [3.8, 4) is 5.75 Å². The average molecular weight is 439 g/mol. The molecule has 1 saturated heterocycles. The van der Waals surface area contributed by atoms with Crippen LogP contribution in [0.15, 0.2) is 23.2 Å². The first-order valence-electron chi connectivity index (χ1n) is 9.62. The molecule has 1 aromatic heterocycles. The fourth-order valence-corrected chi connectivity index (χ4v) is 5.98. The highest BCUT2D eigenvalue weighted by molar-refractivity contribution is 8.15. The summed E-state index contributed by atoms with van der Waals surface area (Å²) in [6.07, 6.45) is 0. The first kappa shape index (κ1) is 20.5. The van der Waals surface area contributed by atoms with Crippen LogP contribution in [0.2, 0.25) is 0 Å². The van der Waals surface area contributed by atoms with Crippen LogP contribution < -0.4 is 10.5 Å². The van der Waals surface area contributed by atoms with Crippen LogP contribution >= 0.6 is 11.8 Å². The molecular weight excluding hydrogens is 412 g/mol. The first-order valence-corrected chi connectivity index (χ1v) is 12.3. The standard InChI is InChI=1S/C19H26N4O4S2/c1-26-4-5-27-14-8-13-9-17(22-18(13)16(20)10-14)19-21-11-15(28-19)12-23-2-6-29(24,25)7-3-23/h8-10,15,22H,2-7,11-12,20H2,1H3. The second kappa shape index (κ2) is 8.55. The molecule has 3 N–H and O–H groups in total. The van der Waals surface area contributed by atoms with Crippen molar-refractivity contribution >= 4 is 43.2 Å². The molecule has 4 rings (SSSR count). The third kappa shape index (κ3) is 4.88. The van der Waals surface area contributed by atoms with Crippen LogP contribution in [-0.2, 0) is 14.6 Å². The highest BCUT2D eigenvalue weighted by Gasteiger charge is 2.27. The number of aromatic amines is 1. The van der Waals surface area contributed by atoms with Gasteiger partial charge in [0.05, 0.1) is 41.6 Å². The van der Waals surface area contributed by atoms with E-state index < -0.39 is 9.84 Å². The van der Waals surface area contributed by atoms with Crippen LogP contribution in [-0.4, -0.2) is 86.6 Å². The van der Waals surface area contributed by atoms with E-state index in [2.05, 4.69) is 16.0 Å². The number of nitrogens with two attached hydrogens (primary N) is 1. The van der Waals surface area contributed by atoms with Gasteiger partial charge in [-0.15, -0.1) is 0 Å². The molecule has 0 saturated carbocycles. The maximum Gasteiger partial charge on any atom is 0.152 e. The van der Waals surface area contributed by atoms with Gasteiger partial charge in [0.25, 0.3) is 0 Å². The number of nitrogens with zero attached hydrogens (tertiary/aromatic N) is 2. The Morgan fingerprint density at radius 3 is 2.83 bits per heavy atom. The minimum Gasteiger partial charge on any atom is -0.491 e. The molecular formula is C19H26N4O4S2. The van der Waals surface area contributed by atoms with Gasteiger partial charge in [-0.1, -0.05) is 11.8 Å². The van der Waals surface area contributed by atoms with Crippen molar-refractivity contribution in [2.24, 2.45) is 4.99 Å². The zero-order valence-electron chi connectivity index (χ0n) is 16.4. The summed E-state index contributed by atoms with van der Waals surface area (Å²) in [5, 5.41) is 2.29. The Morgan fingerprint density at radius 1 is 1.28 bits per heavy atom. The monoisotopic (exact) mass is 438 g/mol. The van der Waals surface area contributed by atoms with E-state index in [0.29, 0.717) is 37.2 Å². The zero-order valence-corrected chi connectivity index (χ0v) is 18.0. The van der Waals surface area contributed by atoms with Gasteiger partial charge in [0.15, 0.2) is 9.84 Å². The molecule has 1 atom stereocenters. The van der Waals surface area contributed by atoms with Crippen LogP contribution in [0.1, 0.15) is 5.69 Å².